The minimum atomic E-state index is -0.401. The van der Waals surface area contributed by atoms with Gasteiger partial charge in [-0.15, -0.1) is 0 Å². The second-order valence-corrected chi connectivity index (χ2v) is 4.82. The van der Waals surface area contributed by atoms with Crippen LogP contribution in [0.2, 0.25) is 0 Å². The molecule has 0 aliphatic carbocycles. The molecule has 1 aromatic rings. The molecular weight excluding hydrogens is 284 g/mol. The van der Waals surface area contributed by atoms with Crippen LogP contribution < -0.4 is 10.6 Å². The van der Waals surface area contributed by atoms with Crippen molar-refractivity contribution in [2.45, 2.75) is 13.0 Å². The second kappa shape index (κ2) is 5.62. The van der Waals surface area contributed by atoms with Crippen LogP contribution in [0.1, 0.15) is 5.56 Å². The maximum atomic E-state index is 11.9. The molecule has 1 fully saturated rings. The Morgan fingerprint density at radius 1 is 1.59 bits per heavy atom. The van der Waals surface area contributed by atoms with Crippen LogP contribution in [0.3, 0.4) is 0 Å². The van der Waals surface area contributed by atoms with Crippen molar-refractivity contribution in [2.75, 3.05) is 25.0 Å². The zero-order valence-electron chi connectivity index (χ0n) is 9.63. The summed E-state index contributed by atoms with van der Waals surface area (Å²) >= 11 is 3.44. The topological polar surface area (TPSA) is 50.4 Å². The summed E-state index contributed by atoms with van der Waals surface area (Å²) in [7, 11) is 0. The van der Waals surface area contributed by atoms with Crippen molar-refractivity contribution in [3.8, 4) is 0 Å². The number of amides is 1. The Balaban J connectivity index is 2.04. The van der Waals surface area contributed by atoms with Gasteiger partial charge in [-0.3, -0.25) is 4.79 Å². The summed E-state index contributed by atoms with van der Waals surface area (Å²) in [4.78, 5) is 11.9. The van der Waals surface area contributed by atoms with Crippen molar-refractivity contribution in [3.05, 3.63) is 28.2 Å². The molecule has 0 aromatic heterocycles. The van der Waals surface area contributed by atoms with Crippen LogP contribution in [0.4, 0.5) is 5.69 Å². The normalized spacial score (nSPS) is 20.0. The number of rotatable bonds is 2. The smallest absolute Gasteiger partial charge is 0.254 e. The number of carbonyl (C=O) groups is 1. The molecule has 1 unspecified atom stereocenters. The van der Waals surface area contributed by atoms with E-state index in [1.165, 1.54) is 0 Å². The maximum absolute atomic E-state index is 11.9. The highest BCUT2D eigenvalue weighted by molar-refractivity contribution is 9.10. The minimum absolute atomic E-state index is 0.0987. The molecule has 1 atom stereocenters. The molecule has 0 radical (unpaired) electrons. The third kappa shape index (κ3) is 3.06. The highest BCUT2D eigenvalue weighted by Crippen LogP contribution is 2.23. The lowest BCUT2D eigenvalue weighted by Crippen LogP contribution is -2.45. The predicted molar refractivity (Wildman–Crippen MR) is 70.1 cm³/mol. The summed E-state index contributed by atoms with van der Waals surface area (Å²) in [6.07, 6.45) is -0.401. The SMILES string of the molecule is Cc1c(Br)cccc1NC(=O)C1CNCCO1. The first-order chi connectivity index (χ1) is 8.18. The van der Waals surface area contributed by atoms with Crippen molar-refractivity contribution in [1.29, 1.82) is 0 Å². The fraction of sp³-hybridized carbons (Fsp3) is 0.417. The molecule has 4 nitrogen and oxygen atoms in total. The Hall–Kier alpha value is -0.910. The molecule has 1 saturated heterocycles. The summed E-state index contributed by atoms with van der Waals surface area (Å²) in [5, 5.41) is 6.02. The monoisotopic (exact) mass is 298 g/mol. The largest absolute Gasteiger partial charge is 0.366 e. The van der Waals surface area contributed by atoms with E-state index in [0.29, 0.717) is 13.2 Å². The van der Waals surface area contributed by atoms with Gasteiger partial charge in [-0.05, 0) is 24.6 Å². The fourth-order valence-electron chi connectivity index (χ4n) is 1.69. The zero-order chi connectivity index (χ0) is 12.3. The number of morpholine rings is 1. The molecule has 1 heterocycles. The number of halogens is 1. The Morgan fingerprint density at radius 3 is 3.12 bits per heavy atom. The van der Waals surface area contributed by atoms with Crippen molar-refractivity contribution >= 4 is 27.5 Å². The lowest BCUT2D eigenvalue weighted by atomic mass is 10.2. The van der Waals surface area contributed by atoms with Gasteiger partial charge in [0.2, 0.25) is 0 Å². The van der Waals surface area contributed by atoms with Crippen LogP contribution in [0.5, 0.6) is 0 Å². The van der Waals surface area contributed by atoms with Crippen molar-refractivity contribution in [3.63, 3.8) is 0 Å². The maximum Gasteiger partial charge on any atom is 0.254 e. The average molecular weight is 299 g/mol. The number of hydrogen-bond acceptors (Lipinski definition) is 3. The first-order valence-electron chi connectivity index (χ1n) is 5.57. The molecule has 17 heavy (non-hydrogen) atoms. The first-order valence-corrected chi connectivity index (χ1v) is 6.36. The van der Waals surface area contributed by atoms with Crippen molar-refractivity contribution in [1.82, 2.24) is 5.32 Å². The number of anilines is 1. The fourth-order valence-corrected chi connectivity index (χ4v) is 2.06. The van der Waals surface area contributed by atoms with Gasteiger partial charge < -0.3 is 15.4 Å². The Bertz CT molecular complexity index is 417. The molecule has 1 aromatic carbocycles. The summed E-state index contributed by atoms with van der Waals surface area (Å²) in [5.74, 6) is -0.0987. The number of benzene rings is 1. The Labute approximate surface area is 109 Å². The molecule has 5 heteroatoms. The van der Waals surface area contributed by atoms with E-state index in [2.05, 4.69) is 26.6 Å². The highest BCUT2D eigenvalue weighted by Gasteiger charge is 2.22. The number of ether oxygens (including phenoxy) is 1. The van der Waals surface area contributed by atoms with E-state index < -0.39 is 6.10 Å². The van der Waals surface area contributed by atoms with Crippen molar-refractivity contribution < 1.29 is 9.53 Å². The molecule has 0 bridgehead atoms. The summed E-state index contributed by atoms with van der Waals surface area (Å²) in [6, 6.07) is 5.73. The zero-order valence-corrected chi connectivity index (χ0v) is 11.2. The lowest BCUT2D eigenvalue weighted by molar-refractivity contribution is -0.128. The van der Waals surface area contributed by atoms with E-state index >= 15 is 0 Å². The molecule has 92 valence electrons. The third-order valence-electron chi connectivity index (χ3n) is 2.75. The van der Waals surface area contributed by atoms with Gasteiger partial charge in [0.1, 0.15) is 6.10 Å². The van der Waals surface area contributed by atoms with Gasteiger partial charge in [0.05, 0.1) is 6.61 Å². The highest BCUT2D eigenvalue weighted by atomic mass is 79.9. The van der Waals surface area contributed by atoms with Gasteiger partial charge in [-0.25, -0.2) is 0 Å². The third-order valence-corrected chi connectivity index (χ3v) is 3.60. The molecule has 2 rings (SSSR count). The van der Waals surface area contributed by atoms with Crippen molar-refractivity contribution in [2.24, 2.45) is 0 Å². The predicted octanol–water partition coefficient (Wildman–Crippen LogP) is 1.68. The summed E-state index contributed by atoms with van der Waals surface area (Å²) < 4.78 is 6.38. The van der Waals surface area contributed by atoms with E-state index in [4.69, 9.17) is 4.74 Å². The Morgan fingerprint density at radius 2 is 2.41 bits per heavy atom. The molecule has 0 spiro atoms. The van der Waals surface area contributed by atoms with Crippen LogP contribution in [0.15, 0.2) is 22.7 Å². The van der Waals surface area contributed by atoms with Crippen LogP contribution >= 0.6 is 15.9 Å². The Kier molecular flexibility index (Phi) is 4.15. The average Bonchev–Trinajstić information content (AvgIpc) is 2.36. The number of carbonyl (C=O) groups excluding carboxylic acids is 1. The lowest BCUT2D eigenvalue weighted by Gasteiger charge is -2.23. The summed E-state index contributed by atoms with van der Waals surface area (Å²) in [5.41, 5.74) is 1.84. The standard InChI is InChI=1S/C12H15BrN2O2/c1-8-9(13)3-2-4-10(8)15-12(16)11-7-14-5-6-17-11/h2-4,11,14H,5-7H2,1H3,(H,15,16). The van der Waals surface area contributed by atoms with E-state index in [9.17, 15) is 4.79 Å². The van der Waals surface area contributed by atoms with Crippen LogP contribution in [0, 0.1) is 6.92 Å². The van der Waals surface area contributed by atoms with E-state index in [1.54, 1.807) is 0 Å². The van der Waals surface area contributed by atoms with Gasteiger partial charge in [-0.1, -0.05) is 22.0 Å². The van der Waals surface area contributed by atoms with Gasteiger partial charge in [0, 0.05) is 23.2 Å². The first kappa shape index (κ1) is 12.5. The van der Waals surface area contributed by atoms with Gasteiger partial charge in [0.25, 0.3) is 5.91 Å². The molecular formula is C12H15BrN2O2. The molecule has 1 aliphatic heterocycles. The number of hydrogen-bond donors (Lipinski definition) is 2. The minimum Gasteiger partial charge on any atom is -0.366 e. The summed E-state index contributed by atoms with van der Waals surface area (Å²) in [6.45, 7) is 3.91. The molecule has 2 N–H and O–H groups in total. The molecule has 1 aliphatic rings. The van der Waals surface area contributed by atoms with Crippen LogP contribution in [-0.2, 0) is 9.53 Å². The second-order valence-electron chi connectivity index (χ2n) is 3.97. The van der Waals surface area contributed by atoms with Gasteiger partial charge in [0.15, 0.2) is 0 Å². The van der Waals surface area contributed by atoms with E-state index in [-0.39, 0.29) is 5.91 Å². The number of nitrogens with one attached hydrogen (secondary N) is 2. The van der Waals surface area contributed by atoms with E-state index in [0.717, 1.165) is 22.3 Å². The van der Waals surface area contributed by atoms with Crippen LogP contribution in [-0.4, -0.2) is 31.7 Å². The molecule has 1 amide bonds. The van der Waals surface area contributed by atoms with Gasteiger partial charge in [-0.2, -0.15) is 0 Å². The van der Waals surface area contributed by atoms with Gasteiger partial charge >= 0.3 is 0 Å². The van der Waals surface area contributed by atoms with E-state index in [1.807, 2.05) is 25.1 Å². The van der Waals surface area contributed by atoms with Crippen LogP contribution in [0.25, 0.3) is 0 Å². The quantitative estimate of drug-likeness (QED) is 0.873. The molecule has 0 saturated carbocycles.